The van der Waals surface area contributed by atoms with Crippen molar-refractivity contribution in [2.45, 2.75) is 19.4 Å². The van der Waals surface area contributed by atoms with E-state index in [2.05, 4.69) is 5.92 Å². The van der Waals surface area contributed by atoms with Crippen molar-refractivity contribution in [2.24, 2.45) is 0 Å². The molecule has 0 N–H and O–H groups in total. The molecule has 0 unspecified atom stereocenters. The van der Waals surface area contributed by atoms with Gasteiger partial charge >= 0.3 is 0 Å². The summed E-state index contributed by atoms with van der Waals surface area (Å²) in [6.07, 6.45) is 6.81. The van der Waals surface area contributed by atoms with Gasteiger partial charge in [-0.1, -0.05) is 12.1 Å². The van der Waals surface area contributed by atoms with Gasteiger partial charge in [0.2, 0.25) is 0 Å². The quantitative estimate of drug-likeness (QED) is 0.524. The minimum atomic E-state index is 0.613. The van der Waals surface area contributed by atoms with Crippen LogP contribution in [0.2, 0.25) is 0 Å². The average molecular weight is 204 g/mol. The van der Waals surface area contributed by atoms with Gasteiger partial charge in [0.25, 0.3) is 0 Å². The Hall–Kier alpha value is -1.46. The van der Waals surface area contributed by atoms with Gasteiger partial charge in [0, 0.05) is 13.5 Å². The van der Waals surface area contributed by atoms with Crippen molar-refractivity contribution in [1.82, 2.24) is 0 Å². The molecule has 2 nitrogen and oxygen atoms in total. The maximum absolute atomic E-state index is 5.54. The molecule has 15 heavy (non-hydrogen) atoms. The summed E-state index contributed by atoms with van der Waals surface area (Å²) in [4.78, 5) is 0. The van der Waals surface area contributed by atoms with Gasteiger partial charge in [-0.15, -0.1) is 12.3 Å². The number of hydrogen-bond donors (Lipinski definition) is 0. The molecule has 0 heterocycles. The molecule has 1 aromatic rings. The highest BCUT2D eigenvalue weighted by Crippen LogP contribution is 2.14. The summed E-state index contributed by atoms with van der Waals surface area (Å²) in [5.41, 5.74) is 1.12. The topological polar surface area (TPSA) is 18.5 Å². The molecule has 0 fully saturated rings. The molecular formula is C13H16O2. The Morgan fingerprint density at radius 3 is 3.00 bits per heavy atom. The van der Waals surface area contributed by atoms with E-state index in [0.29, 0.717) is 13.2 Å². The fourth-order valence-corrected chi connectivity index (χ4v) is 1.26. The molecule has 0 aliphatic rings. The van der Waals surface area contributed by atoms with Crippen LogP contribution in [0.25, 0.3) is 0 Å². The van der Waals surface area contributed by atoms with Crippen LogP contribution < -0.4 is 4.74 Å². The predicted octanol–water partition coefficient (Wildman–Crippen LogP) is 2.63. The third kappa shape index (κ3) is 4.53. The van der Waals surface area contributed by atoms with Crippen LogP contribution >= 0.6 is 0 Å². The first-order valence-corrected chi connectivity index (χ1v) is 5.01. The Morgan fingerprint density at radius 1 is 1.40 bits per heavy atom. The smallest absolute Gasteiger partial charge is 0.119 e. The van der Waals surface area contributed by atoms with Crippen LogP contribution in [0.1, 0.15) is 18.4 Å². The maximum atomic E-state index is 5.54. The van der Waals surface area contributed by atoms with Crippen molar-refractivity contribution in [3.63, 3.8) is 0 Å². The van der Waals surface area contributed by atoms with E-state index >= 15 is 0 Å². The summed E-state index contributed by atoms with van der Waals surface area (Å²) in [6.45, 7) is 1.28. The number of rotatable bonds is 6. The first-order valence-electron chi connectivity index (χ1n) is 5.01. The highest BCUT2D eigenvalue weighted by atomic mass is 16.5. The third-order valence-corrected chi connectivity index (χ3v) is 1.94. The lowest BCUT2D eigenvalue weighted by Crippen LogP contribution is -1.97. The molecule has 80 valence electrons. The molecular weight excluding hydrogens is 188 g/mol. The fourth-order valence-electron chi connectivity index (χ4n) is 1.26. The normalized spacial score (nSPS) is 9.60. The van der Waals surface area contributed by atoms with Crippen LogP contribution in [0, 0.1) is 12.3 Å². The zero-order valence-corrected chi connectivity index (χ0v) is 9.03. The number of benzene rings is 1. The van der Waals surface area contributed by atoms with Gasteiger partial charge in [0.15, 0.2) is 0 Å². The zero-order valence-electron chi connectivity index (χ0n) is 9.03. The fraction of sp³-hybridized carbons (Fsp3) is 0.385. The van der Waals surface area contributed by atoms with E-state index < -0.39 is 0 Å². The number of unbranched alkanes of at least 4 members (excludes halogenated alkanes) is 1. The number of hydrogen-bond acceptors (Lipinski definition) is 2. The van der Waals surface area contributed by atoms with Crippen LogP contribution in [-0.2, 0) is 11.3 Å². The second-order valence-corrected chi connectivity index (χ2v) is 3.24. The minimum Gasteiger partial charge on any atom is -0.494 e. The summed E-state index contributed by atoms with van der Waals surface area (Å²) in [5, 5.41) is 0. The molecule has 0 saturated heterocycles. The van der Waals surface area contributed by atoms with Crippen LogP contribution in [0.3, 0.4) is 0 Å². The van der Waals surface area contributed by atoms with Gasteiger partial charge in [-0.3, -0.25) is 0 Å². The minimum absolute atomic E-state index is 0.613. The summed E-state index contributed by atoms with van der Waals surface area (Å²) in [6, 6.07) is 7.90. The third-order valence-electron chi connectivity index (χ3n) is 1.94. The average Bonchev–Trinajstić information content (AvgIpc) is 2.26. The van der Waals surface area contributed by atoms with Crippen LogP contribution in [-0.4, -0.2) is 13.7 Å². The molecule has 2 heteroatoms. The Kier molecular flexibility index (Phi) is 5.35. The SMILES string of the molecule is C#CCCCOc1cccc(COC)c1. The second kappa shape index (κ2) is 6.92. The van der Waals surface area contributed by atoms with Crippen molar-refractivity contribution >= 4 is 0 Å². The van der Waals surface area contributed by atoms with E-state index in [4.69, 9.17) is 15.9 Å². The number of methoxy groups -OCH3 is 1. The van der Waals surface area contributed by atoms with Gasteiger partial charge < -0.3 is 9.47 Å². The molecule has 0 bridgehead atoms. The first-order chi connectivity index (χ1) is 7.36. The Balaban J connectivity index is 2.40. The van der Waals surface area contributed by atoms with Crippen molar-refractivity contribution in [3.05, 3.63) is 29.8 Å². The summed E-state index contributed by atoms with van der Waals surface area (Å²) >= 11 is 0. The van der Waals surface area contributed by atoms with E-state index in [0.717, 1.165) is 24.2 Å². The standard InChI is InChI=1S/C13H16O2/c1-3-4-5-9-15-13-8-6-7-12(10-13)11-14-2/h1,6-8,10H,4-5,9,11H2,2H3. The van der Waals surface area contributed by atoms with Crippen LogP contribution in [0.4, 0.5) is 0 Å². The Labute approximate surface area is 91.2 Å². The van der Waals surface area contributed by atoms with E-state index in [-0.39, 0.29) is 0 Å². The van der Waals surface area contributed by atoms with Crippen molar-refractivity contribution < 1.29 is 9.47 Å². The van der Waals surface area contributed by atoms with Crippen LogP contribution in [0.5, 0.6) is 5.75 Å². The lowest BCUT2D eigenvalue weighted by molar-refractivity contribution is 0.184. The van der Waals surface area contributed by atoms with E-state index in [1.54, 1.807) is 7.11 Å². The van der Waals surface area contributed by atoms with Gasteiger partial charge in [0.1, 0.15) is 5.75 Å². The Morgan fingerprint density at radius 2 is 2.27 bits per heavy atom. The summed E-state index contributed by atoms with van der Waals surface area (Å²) in [5.74, 6) is 3.46. The lowest BCUT2D eigenvalue weighted by atomic mass is 10.2. The number of terminal acetylenes is 1. The molecule has 0 aliphatic heterocycles. The lowest BCUT2D eigenvalue weighted by Gasteiger charge is -2.06. The monoisotopic (exact) mass is 204 g/mol. The van der Waals surface area contributed by atoms with Gasteiger partial charge in [0.05, 0.1) is 13.2 Å². The van der Waals surface area contributed by atoms with Crippen molar-refractivity contribution in [1.29, 1.82) is 0 Å². The second-order valence-electron chi connectivity index (χ2n) is 3.24. The number of ether oxygens (including phenoxy) is 2. The summed E-state index contributed by atoms with van der Waals surface area (Å²) < 4.78 is 10.6. The van der Waals surface area contributed by atoms with Gasteiger partial charge in [-0.2, -0.15) is 0 Å². The highest BCUT2D eigenvalue weighted by Gasteiger charge is 1.96. The summed E-state index contributed by atoms with van der Waals surface area (Å²) in [7, 11) is 1.68. The van der Waals surface area contributed by atoms with Gasteiger partial charge in [-0.05, 0) is 24.1 Å². The first kappa shape index (κ1) is 11.6. The Bertz CT molecular complexity index is 326. The molecule has 0 atom stereocenters. The molecule has 1 rings (SSSR count). The molecule has 0 saturated carbocycles. The molecule has 1 aromatic carbocycles. The molecule has 0 aromatic heterocycles. The van der Waals surface area contributed by atoms with E-state index in [1.807, 2.05) is 24.3 Å². The van der Waals surface area contributed by atoms with Gasteiger partial charge in [-0.25, -0.2) is 0 Å². The predicted molar refractivity (Wildman–Crippen MR) is 60.7 cm³/mol. The molecule has 0 spiro atoms. The van der Waals surface area contributed by atoms with Crippen LogP contribution in [0.15, 0.2) is 24.3 Å². The largest absolute Gasteiger partial charge is 0.494 e. The zero-order chi connectivity index (χ0) is 10.9. The molecule has 0 aliphatic carbocycles. The molecule has 0 amide bonds. The van der Waals surface area contributed by atoms with E-state index in [9.17, 15) is 0 Å². The highest BCUT2D eigenvalue weighted by molar-refractivity contribution is 5.28. The van der Waals surface area contributed by atoms with Crippen molar-refractivity contribution in [2.75, 3.05) is 13.7 Å². The maximum Gasteiger partial charge on any atom is 0.119 e. The van der Waals surface area contributed by atoms with Crippen molar-refractivity contribution in [3.8, 4) is 18.1 Å². The van der Waals surface area contributed by atoms with E-state index in [1.165, 1.54) is 0 Å². The molecule has 0 radical (unpaired) electrons.